The van der Waals surface area contributed by atoms with Crippen molar-refractivity contribution in [1.82, 2.24) is 10.6 Å². The molecule has 0 fully saturated rings. The number of benzene rings is 3. The van der Waals surface area contributed by atoms with Crippen molar-refractivity contribution in [1.29, 1.82) is 0 Å². The maximum atomic E-state index is 12.7. The van der Waals surface area contributed by atoms with Gasteiger partial charge in [-0.15, -0.1) is 0 Å². The molecule has 3 aromatic carbocycles. The zero-order valence-electron chi connectivity index (χ0n) is 17.6. The van der Waals surface area contributed by atoms with Gasteiger partial charge in [0.15, 0.2) is 0 Å². The molecule has 0 aliphatic rings. The molecule has 0 spiro atoms. The molecule has 0 atom stereocenters. The third kappa shape index (κ3) is 6.02. The molecule has 3 aromatic rings. The van der Waals surface area contributed by atoms with E-state index in [-0.39, 0.29) is 23.7 Å². The van der Waals surface area contributed by atoms with Gasteiger partial charge in [-0.25, -0.2) is 0 Å². The Morgan fingerprint density at radius 2 is 1.48 bits per heavy atom. The molecule has 0 aliphatic heterocycles. The van der Waals surface area contributed by atoms with Crippen molar-refractivity contribution in [3.05, 3.63) is 101 Å². The topological polar surface area (TPSA) is 87.3 Å². The van der Waals surface area contributed by atoms with E-state index in [1.54, 1.807) is 24.3 Å². The van der Waals surface area contributed by atoms with Gasteiger partial charge in [-0.1, -0.05) is 66.2 Å². The van der Waals surface area contributed by atoms with Crippen molar-refractivity contribution in [3.8, 4) is 0 Å². The third-order valence-electron chi connectivity index (χ3n) is 4.86. The van der Waals surface area contributed by atoms with Gasteiger partial charge in [-0.3, -0.25) is 14.4 Å². The second kappa shape index (κ2) is 10.2. The molecule has 0 bridgehead atoms. The van der Waals surface area contributed by atoms with Crippen LogP contribution >= 0.6 is 0 Å². The van der Waals surface area contributed by atoms with Gasteiger partial charge in [-0.2, -0.15) is 0 Å². The summed E-state index contributed by atoms with van der Waals surface area (Å²) >= 11 is 0. The lowest BCUT2D eigenvalue weighted by Crippen LogP contribution is -2.35. The number of rotatable bonds is 6. The van der Waals surface area contributed by atoms with Crippen LogP contribution in [0, 0.1) is 13.8 Å². The summed E-state index contributed by atoms with van der Waals surface area (Å²) in [5, 5.41) is 7.99. The van der Waals surface area contributed by atoms with Crippen LogP contribution in [0.5, 0.6) is 0 Å². The summed E-state index contributed by atoms with van der Waals surface area (Å²) in [7, 11) is 0. The fraction of sp³-hybridized carbons (Fsp3) is 0.160. The Balaban J connectivity index is 1.61. The maximum Gasteiger partial charge on any atom is 0.313 e. The maximum absolute atomic E-state index is 12.7. The molecule has 3 amide bonds. The van der Waals surface area contributed by atoms with Crippen molar-refractivity contribution < 1.29 is 14.4 Å². The standard InChI is InChI=1S/C25H25N3O3/c1-17-8-7-10-19(14-17)15-26-23(29)21-12-5-6-13-22(21)28-25(31)24(30)27-16-20-11-4-3-9-18(20)2/h3-14H,15-16H2,1-2H3,(H,26,29)(H,27,30)(H,28,31). The number of nitrogens with one attached hydrogen (secondary N) is 3. The van der Waals surface area contributed by atoms with E-state index in [2.05, 4.69) is 16.0 Å². The van der Waals surface area contributed by atoms with E-state index in [9.17, 15) is 14.4 Å². The van der Waals surface area contributed by atoms with Gasteiger partial charge in [0.05, 0.1) is 11.3 Å². The first-order valence-electron chi connectivity index (χ1n) is 10.0. The zero-order valence-corrected chi connectivity index (χ0v) is 17.6. The highest BCUT2D eigenvalue weighted by atomic mass is 16.2. The van der Waals surface area contributed by atoms with Crippen molar-refractivity contribution in [2.24, 2.45) is 0 Å². The van der Waals surface area contributed by atoms with Crippen LogP contribution in [-0.2, 0) is 22.7 Å². The van der Waals surface area contributed by atoms with E-state index >= 15 is 0 Å². The lowest BCUT2D eigenvalue weighted by molar-refractivity contribution is -0.136. The molecule has 0 saturated carbocycles. The normalized spacial score (nSPS) is 10.3. The summed E-state index contributed by atoms with van der Waals surface area (Å²) < 4.78 is 0. The number of aryl methyl sites for hydroxylation is 2. The highest BCUT2D eigenvalue weighted by molar-refractivity contribution is 6.40. The van der Waals surface area contributed by atoms with E-state index in [4.69, 9.17) is 0 Å². The first kappa shape index (κ1) is 21.8. The van der Waals surface area contributed by atoms with Gasteiger partial charge in [-0.05, 0) is 42.7 Å². The molecular weight excluding hydrogens is 390 g/mol. The Morgan fingerprint density at radius 3 is 2.26 bits per heavy atom. The largest absolute Gasteiger partial charge is 0.348 e. The molecule has 0 heterocycles. The van der Waals surface area contributed by atoms with Gasteiger partial charge in [0.1, 0.15) is 0 Å². The van der Waals surface area contributed by atoms with Gasteiger partial charge in [0, 0.05) is 13.1 Å². The third-order valence-corrected chi connectivity index (χ3v) is 4.86. The van der Waals surface area contributed by atoms with Crippen molar-refractivity contribution >= 4 is 23.4 Å². The number of hydrogen-bond donors (Lipinski definition) is 3. The van der Waals surface area contributed by atoms with Crippen LogP contribution < -0.4 is 16.0 Å². The number of carbonyl (C=O) groups excluding carboxylic acids is 3. The van der Waals surface area contributed by atoms with Crippen LogP contribution in [0.25, 0.3) is 0 Å². The van der Waals surface area contributed by atoms with Crippen LogP contribution in [0.1, 0.15) is 32.6 Å². The summed E-state index contributed by atoms with van der Waals surface area (Å²) in [5.41, 5.74) is 4.61. The van der Waals surface area contributed by atoms with Crippen molar-refractivity contribution in [3.63, 3.8) is 0 Å². The summed E-state index contributed by atoms with van der Waals surface area (Å²) in [4.78, 5) is 37.2. The van der Waals surface area contributed by atoms with E-state index in [0.29, 0.717) is 6.54 Å². The highest BCUT2D eigenvalue weighted by Crippen LogP contribution is 2.15. The van der Waals surface area contributed by atoms with E-state index in [0.717, 1.165) is 22.3 Å². The Hall–Kier alpha value is -3.93. The van der Waals surface area contributed by atoms with Crippen LogP contribution in [0.2, 0.25) is 0 Å². The Morgan fingerprint density at radius 1 is 0.742 bits per heavy atom. The van der Waals surface area contributed by atoms with Gasteiger partial charge >= 0.3 is 11.8 Å². The molecule has 0 radical (unpaired) electrons. The number of para-hydroxylation sites is 1. The molecule has 31 heavy (non-hydrogen) atoms. The molecule has 6 nitrogen and oxygen atoms in total. The second-order valence-corrected chi connectivity index (χ2v) is 7.28. The molecule has 158 valence electrons. The zero-order chi connectivity index (χ0) is 22.2. The second-order valence-electron chi connectivity index (χ2n) is 7.28. The monoisotopic (exact) mass is 415 g/mol. The summed E-state index contributed by atoms with van der Waals surface area (Å²) in [6.45, 7) is 4.53. The van der Waals surface area contributed by atoms with Crippen LogP contribution in [0.4, 0.5) is 5.69 Å². The molecule has 0 unspecified atom stereocenters. The molecule has 3 N–H and O–H groups in total. The Kier molecular flexibility index (Phi) is 7.17. The minimum absolute atomic E-state index is 0.248. The first-order valence-corrected chi connectivity index (χ1v) is 10.0. The average Bonchev–Trinajstić information content (AvgIpc) is 2.77. The van der Waals surface area contributed by atoms with Gasteiger partial charge in [0.2, 0.25) is 0 Å². The lowest BCUT2D eigenvalue weighted by Gasteiger charge is -2.12. The van der Waals surface area contributed by atoms with Crippen molar-refractivity contribution in [2.75, 3.05) is 5.32 Å². The van der Waals surface area contributed by atoms with E-state index in [1.165, 1.54) is 0 Å². The summed E-state index contributed by atoms with van der Waals surface area (Å²) in [5.74, 6) is -1.93. The quantitative estimate of drug-likeness (QED) is 0.539. The molecule has 6 heteroatoms. The summed E-state index contributed by atoms with van der Waals surface area (Å²) in [6, 6.07) is 22.0. The smallest absolute Gasteiger partial charge is 0.313 e. The van der Waals surface area contributed by atoms with Crippen LogP contribution in [0.15, 0.2) is 72.8 Å². The average molecular weight is 415 g/mol. The van der Waals surface area contributed by atoms with Crippen LogP contribution in [0.3, 0.4) is 0 Å². The Bertz CT molecular complexity index is 1110. The van der Waals surface area contributed by atoms with Gasteiger partial charge in [0.25, 0.3) is 5.91 Å². The molecular formula is C25H25N3O3. The van der Waals surface area contributed by atoms with Crippen LogP contribution in [-0.4, -0.2) is 17.7 Å². The predicted molar refractivity (Wildman–Crippen MR) is 120 cm³/mol. The van der Waals surface area contributed by atoms with E-state index in [1.807, 2.05) is 62.4 Å². The molecule has 0 aromatic heterocycles. The minimum Gasteiger partial charge on any atom is -0.348 e. The number of anilines is 1. The Labute approximate surface area is 181 Å². The summed E-state index contributed by atoms with van der Waals surface area (Å²) in [6.07, 6.45) is 0. The van der Waals surface area contributed by atoms with E-state index < -0.39 is 11.8 Å². The molecule has 3 rings (SSSR count). The predicted octanol–water partition coefficient (Wildman–Crippen LogP) is 3.49. The SMILES string of the molecule is Cc1cccc(CNC(=O)c2ccccc2NC(=O)C(=O)NCc2ccccc2C)c1. The highest BCUT2D eigenvalue weighted by Gasteiger charge is 2.18. The molecule has 0 saturated heterocycles. The fourth-order valence-electron chi connectivity index (χ4n) is 3.13. The number of hydrogen-bond acceptors (Lipinski definition) is 3. The first-order chi connectivity index (χ1) is 14.9. The lowest BCUT2D eigenvalue weighted by atomic mass is 10.1. The van der Waals surface area contributed by atoms with Gasteiger partial charge < -0.3 is 16.0 Å². The number of amides is 3. The minimum atomic E-state index is -0.826. The van der Waals surface area contributed by atoms with Crippen molar-refractivity contribution in [2.45, 2.75) is 26.9 Å². The fourth-order valence-corrected chi connectivity index (χ4v) is 3.13. The number of carbonyl (C=O) groups is 3. The molecule has 0 aliphatic carbocycles.